The normalized spacial score (nSPS) is 25.1. The predicted octanol–water partition coefficient (Wildman–Crippen LogP) is 4.63. The lowest BCUT2D eigenvalue weighted by molar-refractivity contribution is -0.137. The fourth-order valence-corrected chi connectivity index (χ4v) is 3.85. The summed E-state index contributed by atoms with van der Waals surface area (Å²) in [7, 11) is 0. The van der Waals surface area contributed by atoms with Crippen molar-refractivity contribution >= 4 is 33.3 Å². The molecule has 19 heavy (non-hydrogen) atoms. The van der Waals surface area contributed by atoms with E-state index in [4.69, 9.17) is 16.3 Å². The molecule has 1 saturated carbocycles. The Labute approximate surface area is 126 Å². The molecule has 3 rings (SSSR count). The number of Topliss-reactive ketones (excluding diaryl/α,β-unsaturated/α-hetero) is 1. The zero-order chi connectivity index (χ0) is 13.5. The van der Waals surface area contributed by atoms with Crippen molar-refractivity contribution < 1.29 is 9.53 Å². The fourth-order valence-electron chi connectivity index (χ4n) is 3.08. The minimum absolute atomic E-state index is 0.000413. The van der Waals surface area contributed by atoms with Crippen LogP contribution in [0.5, 0.6) is 0 Å². The third kappa shape index (κ3) is 2.61. The molecule has 1 unspecified atom stereocenters. The average molecular weight is 344 g/mol. The van der Waals surface area contributed by atoms with Gasteiger partial charge in [-0.2, -0.15) is 0 Å². The van der Waals surface area contributed by atoms with Crippen LogP contribution in [0.3, 0.4) is 0 Å². The number of ketones is 1. The van der Waals surface area contributed by atoms with Gasteiger partial charge < -0.3 is 4.74 Å². The van der Waals surface area contributed by atoms with Crippen molar-refractivity contribution in [3.05, 3.63) is 33.3 Å². The van der Waals surface area contributed by atoms with Crippen molar-refractivity contribution in [2.75, 3.05) is 6.61 Å². The van der Waals surface area contributed by atoms with Gasteiger partial charge in [0.15, 0.2) is 5.78 Å². The average Bonchev–Trinajstić information content (AvgIpc) is 2.36. The van der Waals surface area contributed by atoms with Gasteiger partial charge in [0, 0.05) is 22.6 Å². The summed E-state index contributed by atoms with van der Waals surface area (Å²) in [5.74, 6) is 0.236. The first-order chi connectivity index (χ1) is 9.10. The summed E-state index contributed by atoms with van der Waals surface area (Å²) >= 11 is 9.54. The molecule has 1 heterocycles. The zero-order valence-electron chi connectivity index (χ0n) is 10.6. The smallest absolute Gasteiger partial charge is 0.167 e. The van der Waals surface area contributed by atoms with Gasteiger partial charge in [0.2, 0.25) is 0 Å². The highest BCUT2D eigenvalue weighted by Gasteiger charge is 2.44. The summed E-state index contributed by atoms with van der Waals surface area (Å²) < 4.78 is 6.77. The molecule has 0 aromatic heterocycles. The summed E-state index contributed by atoms with van der Waals surface area (Å²) in [6.07, 6.45) is 5.10. The fraction of sp³-hybridized carbons (Fsp3) is 0.533. The van der Waals surface area contributed by atoms with E-state index in [9.17, 15) is 4.79 Å². The second-order valence-corrected chi connectivity index (χ2v) is 6.89. The van der Waals surface area contributed by atoms with E-state index in [0.717, 1.165) is 30.2 Å². The van der Waals surface area contributed by atoms with Crippen LogP contribution in [0, 0.1) is 5.92 Å². The minimum Gasteiger partial charge on any atom is -0.375 e. The monoisotopic (exact) mass is 342 g/mol. The second kappa shape index (κ2) is 5.19. The second-order valence-electron chi connectivity index (χ2n) is 5.56. The van der Waals surface area contributed by atoms with Crippen LogP contribution in [0.15, 0.2) is 22.7 Å². The Morgan fingerprint density at radius 1 is 1.42 bits per heavy atom. The standard InChI is InChI=1S/C15H16BrClO2/c16-11-2-3-12(13(17)8-11)14(18)10-4-7-19-15(9-10)5-1-6-15/h2-3,8,10H,1,4-7,9H2. The van der Waals surface area contributed by atoms with E-state index in [1.165, 1.54) is 6.42 Å². The van der Waals surface area contributed by atoms with Gasteiger partial charge in [0.25, 0.3) is 0 Å². The molecule has 1 aromatic carbocycles. The van der Waals surface area contributed by atoms with Crippen LogP contribution in [-0.4, -0.2) is 18.0 Å². The number of carbonyl (C=O) groups is 1. The number of benzene rings is 1. The quantitative estimate of drug-likeness (QED) is 0.732. The maximum Gasteiger partial charge on any atom is 0.167 e. The number of carbonyl (C=O) groups excluding carboxylic acids is 1. The van der Waals surface area contributed by atoms with Gasteiger partial charge in [-0.3, -0.25) is 4.79 Å². The van der Waals surface area contributed by atoms with E-state index >= 15 is 0 Å². The molecule has 1 saturated heterocycles. The summed E-state index contributed by atoms with van der Waals surface area (Å²) in [6, 6.07) is 5.47. The first-order valence-electron chi connectivity index (χ1n) is 6.73. The van der Waals surface area contributed by atoms with Gasteiger partial charge in [-0.15, -0.1) is 0 Å². The molecule has 0 amide bonds. The highest BCUT2D eigenvalue weighted by Crippen LogP contribution is 2.45. The van der Waals surface area contributed by atoms with Crippen molar-refractivity contribution in [3.8, 4) is 0 Å². The third-order valence-electron chi connectivity index (χ3n) is 4.33. The van der Waals surface area contributed by atoms with E-state index in [1.807, 2.05) is 12.1 Å². The Morgan fingerprint density at radius 2 is 2.21 bits per heavy atom. The first kappa shape index (κ1) is 13.6. The number of rotatable bonds is 2. The Morgan fingerprint density at radius 3 is 2.84 bits per heavy atom. The summed E-state index contributed by atoms with van der Waals surface area (Å²) in [5, 5.41) is 0.536. The summed E-state index contributed by atoms with van der Waals surface area (Å²) in [5.41, 5.74) is 0.645. The van der Waals surface area contributed by atoms with Crippen LogP contribution in [0.2, 0.25) is 5.02 Å². The van der Waals surface area contributed by atoms with Crippen LogP contribution in [0.4, 0.5) is 0 Å². The molecule has 4 heteroatoms. The summed E-state index contributed by atoms with van der Waals surface area (Å²) in [6.45, 7) is 0.699. The highest BCUT2D eigenvalue weighted by atomic mass is 79.9. The Kier molecular flexibility index (Phi) is 3.71. The molecule has 2 nitrogen and oxygen atoms in total. The largest absolute Gasteiger partial charge is 0.375 e. The van der Waals surface area contributed by atoms with Crippen LogP contribution in [-0.2, 0) is 4.74 Å². The van der Waals surface area contributed by atoms with Crippen molar-refractivity contribution in [1.29, 1.82) is 0 Å². The number of hydrogen-bond acceptors (Lipinski definition) is 2. The van der Waals surface area contributed by atoms with Crippen molar-refractivity contribution in [2.24, 2.45) is 5.92 Å². The molecule has 0 bridgehead atoms. The Hall–Kier alpha value is -0.380. The maximum atomic E-state index is 12.6. The third-order valence-corrected chi connectivity index (χ3v) is 5.13. The van der Waals surface area contributed by atoms with E-state index in [1.54, 1.807) is 6.07 Å². The molecule has 1 aromatic rings. The van der Waals surface area contributed by atoms with E-state index < -0.39 is 0 Å². The van der Waals surface area contributed by atoms with Gasteiger partial charge in [-0.05, 0) is 50.3 Å². The molecular formula is C15H16BrClO2. The van der Waals surface area contributed by atoms with E-state index in [2.05, 4.69) is 15.9 Å². The number of hydrogen-bond donors (Lipinski definition) is 0. The van der Waals surface area contributed by atoms with Gasteiger partial charge in [-0.25, -0.2) is 0 Å². The SMILES string of the molecule is O=C(c1ccc(Br)cc1Cl)C1CCOC2(CCC2)C1. The molecule has 1 atom stereocenters. The van der Waals surface area contributed by atoms with Crippen LogP contribution in [0.1, 0.15) is 42.5 Å². The topological polar surface area (TPSA) is 26.3 Å². The van der Waals surface area contributed by atoms with Crippen molar-refractivity contribution in [3.63, 3.8) is 0 Å². The molecule has 1 aliphatic heterocycles. The van der Waals surface area contributed by atoms with Crippen molar-refractivity contribution in [1.82, 2.24) is 0 Å². The lowest BCUT2D eigenvalue weighted by Crippen LogP contribution is -2.47. The van der Waals surface area contributed by atoms with Crippen LogP contribution in [0.25, 0.3) is 0 Å². The zero-order valence-corrected chi connectivity index (χ0v) is 13.0. The molecule has 1 spiro atoms. The van der Waals surface area contributed by atoms with Gasteiger partial charge in [-0.1, -0.05) is 27.5 Å². The molecule has 102 valence electrons. The highest BCUT2D eigenvalue weighted by molar-refractivity contribution is 9.10. The molecule has 2 fully saturated rings. The molecular weight excluding hydrogens is 328 g/mol. The van der Waals surface area contributed by atoms with Crippen LogP contribution < -0.4 is 0 Å². The van der Waals surface area contributed by atoms with Crippen molar-refractivity contribution in [2.45, 2.75) is 37.7 Å². The molecule has 0 N–H and O–H groups in total. The van der Waals surface area contributed by atoms with Gasteiger partial charge in [0.05, 0.1) is 10.6 Å². The minimum atomic E-state index is 0.000413. The molecule has 2 aliphatic rings. The lowest BCUT2D eigenvalue weighted by atomic mass is 9.70. The summed E-state index contributed by atoms with van der Waals surface area (Å²) in [4.78, 5) is 12.6. The van der Waals surface area contributed by atoms with Crippen LogP contribution >= 0.6 is 27.5 Å². The number of ether oxygens (including phenoxy) is 1. The van der Waals surface area contributed by atoms with Gasteiger partial charge in [0.1, 0.15) is 0 Å². The van der Waals surface area contributed by atoms with E-state index in [-0.39, 0.29) is 17.3 Å². The Bertz CT molecular complexity index is 511. The molecule has 0 radical (unpaired) electrons. The molecule has 1 aliphatic carbocycles. The van der Waals surface area contributed by atoms with Gasteiger partial charge >= 0.3 is 0 Å². The maximum absolute atomic E-state index is 12.6. The number of halogens is 2. The predicted molar refractivity (Wildman–Crippen MR) is 78.7 cm³/mol. The first-order valence-corrected chi connectivity index (χ1v) is 7.90. The Balaban J connectivity index is 1.79. The van der Waals surface area contributed by atoms with E-state index in [0.29, 0.717) is 17.2 Å². The lowest BCUT2D eigenvalue weighted by Gasteiger charge is -2.46.